The average Bonchev–Trinajstić information content (AvgIpc) is 2.70. The molecule has 3 rings (SSSR count). The molecule has 1 saturated heterocycles. The number of hydrogen-bond acceptors (Lipinski definition) is 6. The molecule has 2 aromatic heterocycles. The molecule has 0 amide bonds. The van der Waals surface area contributed by atoms with Crippen molar-refractivity contribution in [1.82, 2.24) is 24.5 Å². The summed E-state index contributed by atoms with van der Waals surface area (Å²) in [5.74, 6) is 1.82. The van der Waals surface area contributed by atoms with Crippen LogP contribution in [0, 0.1) is 6.92 Å². The monoisotopic (exact) mass is 275 g/mol. The summed E-state index contributed by atoms with van der Waals surface area (Å²) in [7, 11) is 0. The highest BCUT2D eigenvalue weighted by atomic mass is 15.3. The fourth-order valence-electron chi connectivity index (χ4n) is 2.74. The summed E-state index contributed by atoms with van der Waals surface area (Å²) in [5, 5.41) is 8.39. The van der Waals surface area contributed by atoms with Crippen molar-refractivity contribution in [3.63, 3.8) is 0 Å². The first-order chi connectivity index (χ1) is 9.79. The lowest BCUT2D eigenvalue weighted by Gasteiger charge is -2.22. The summed E-state index contributed by atoms with van der Waals surface area (Å²) in [6.07, 6.45) is 4.85. The van der Waals surface area contributed by atoms with Crippen LogP contribution in [0.25, 0.3) is 5.65 Å². The fraction of sp³-hybridized carbons (Fsp3) is 0.615. The van der Waals surface area contributed by atoms with Crippen LogP contribution in [0.5, 0.6) is 0 Å². The molecule has 0 bridgehead atoms. The Bertz CT molecular complexity index is 579. The lowest BCUT2D eigenvalue weighted by Crippen LogP contribution is -2.34. The number of nitrogens with zero attached hydrogens (tertiary/aromatic N) is 6. The van der Waals surface area contributed by atoms with E-state index in [4.69, 9.17) is 5.73 Å². The van der Waals surface area contributed by atoms with E-state index in [0.717, 1.165) is 63.0 Å². The quantitative estimate of drug-likeness (QED) is 0.843. The minimum atomic E-state index is 0.719. The van der Waals surface area contributed by atoms with Crippen molar-refractivity contribution in [1.29, 1.82) is 0 Å². The molecule has 0 unspecified atom stereocenters. The summed E-state index contributed by atoms with van der Waals surface area (Å²) in [6.45, 7) is 7.72. The second-order valence-electron chi connectivity index (χ2n) is 5.16. The maximum atomic E-state index is 5.64. The number of nitrogens with two attached hydrogens (primary N) is 1. The molecule has 7 heteroatoms. The topological polar surface area (TPSA) is 75.6 Å². The van der Waals surface area contributed by atoms with Crippen LogP contribution in [0.4, 0.5) is 5.82 Å². The molecule has 0 radical (unpaired) electrons. The largest absolute Gasteiger partial charge is 0.352 e. The molecule has 1 fully saturated rings. The molecule has 108 valence electrons. The first-order valence-corrected chi connectivity index (χ1v) is 7.13. The number of fused-ring (bicyclic) bond motifs is 1. The Balaban J connectivity index is 1.84. The summed E-state index contributed by atoms with van der Waals surface area (Å²) in [5.41, 5.74) is 6.49. The molecular formula is C13H21N7. The van der Waals surface area contributed by atoms with E-state index in [0.29, 0.717) is 0 Å². The van der Waals surface area contributed by atoms with Crippen molar-refractivity contribution in [2.75, 3.05) is 44.2 Å². The van der Waals surface area contributed by atoms with Crippen molar-refractivity contribution < 1.29 is 0 Å². The van der Waals surface area contributed by atoms with Crippen LogP contribution in [-0.4, -0.2) is 63.8 Å². The van der Waals surface area contributed by atoms with E-state index in [9.17, 15) is 0 Å². The Hall–Kier alpha value is -1.73. The van der Waals surface area contributed by atoms with Crippen LogP contribution < -0.4 is 10.6 Å². The van der Waals surface area contributed by atoms with Gasteiger partial charge in [0.15, 0.2) is 5.82 Å². The SMILES string of the molecule is Cc1nnc2c(N3CCCN(CCN)CC3)nccn12. The fourth-order valence-corrected chi connectivity index (χ4v) is 2.74. The van der Waals surface area contributed by atoms with Crippen molar-refractivity contribution in [2.24, 2.45) is 5.73 Å². The number of aromatic nitrogens is 4. The lowest BCUT2D eigenvalue weighted by atomic mass is 10.3. The summed E-state index contributed by atoms with van der Waals surface area (Å²) in [4.78, 5) is 9.23. The minimum absolute atomic E-state index is 0.719. The van der Waals surface area contributed by atoms with Gasteiger partial charge in [0.2, 0.25) is 5.65 Å². The molecule has 0 aliphatic carbocycles. The second kappa shape index (κ2) is 5.72. The van der Waals surface area contributed by atoms with Crippen LogP contribution in [0.1, 0.15) is 12.2 Å². The predicted molar refractivity (Wildman–Crippen MR) is 77.8 cm³/mol. The van der Waals surface area contributed by atoms with Gasteiger partial charge in [0.05, 0.1) is 0 Å². The predicted octanol–water partition coefficient (Wildman–Crippen LogP) is -0.0965. The molecule has 1 aliphatic heterocycles. The zero-order valence-electron chi connectivity index (χ0n) is 11.9. The van der Waals surface area contributed by atoms with Gasteiger partial charge in [0.25, 0.3) is 0 Å². The average molecular weight is 275 g/mol. The van der Waals surface area contributed by atoms with Gasteiger partial charge in [-0.3, -0.25) is 4.40 Å². The van der Waals surface area contributed by atoms with Crippen LogP contribution in [0.2, 0.25) is 0 Å². The minimum Gasteiger partial charge on any atom is -0.352 e. The third-order valence-electron chi connectivity index (χ3n) is 3.81. The van der Waals surface area contributed by atoms with Gasteiger partial charge in [-0.1, -0.05) is 0 Å². The van der Waals surface area contributed by atoms with E-state index in [-0.39, 0.29) is 0 Å². The van der Waals surface area contributed by atoms with E-state index in [1.165, 1.54) is 0 Å². The van der Waals surface area contributed by atoms with Crippen molar-refractivity contribution >= 4 is 11.5 Å². The Kier molecular flexibility index (Phi) is 3.79. The highest BCUT2D eigenvalue weighted by molar-refractivity contribution is 5.63. The summed E-state index contributed by atoms with van der Waals surface area (Å²) in [6, 6.07) is 0. The molecule has 2 aromatic rings. The van der Waals surface area contributed by atoms with Gasteiger partial charge in [0.1, 0.15) is 5.82 Å². The van der Waals surface area contributed by atoms with Crippen LogP contribution in [-0.2, 0) is 0 Å². The van der Waals surface area contributed by atoms with E-state index >= 15 is 0 Å². The number of aryl methyl sites for hydroxylation is 1. The smallest absolute Gasteiger partial charge is 0.203 e. The van der Waals surface area contributed by atoms with Gasteiger partial charge in [-0.25, -0.2) is 4.98 Å². The lowest BCUT2D eigenvalue weighted by molar-refractivity contribution is 0.302. The van der Waals surface area contributed by atoms with Crippen molar-refractivity contribution in [3.05, 3.63) is 18.2 Å². The van der Waals surface area contributed by atoms with Crippen molar-refractivity contribution in [3.8, 4) is 0 Å². The van der Waals surface area contributed by atoms with E-state index in [1.54, 1.807) is 0 Å². The highest BCUT2D eigenvalue weighted by Crippen LogP contribution is 2.19. The summed E-state index contributed by atoms with van der Waals surface area (Å²) >= 11 is 0. The normalized spacial score (nSPS) is 17.6. The standard InChI is InChI=1S/C13H21N7/c1-11-16-17-13-12(15-4-8-20(11)13)19-6-2-5-18(7-3-14)9-10-19/h4,8H,2-3,5-7,9-10,14H2,1H3. The molecule has 1 aliphatic rings. The number of hydrogen-bond donors (Lipinski definition) is 1. The molecule has 20 heavy (non-hydrogen) atoms. The Morgan fingerprint density at radius 2 is 2.10 bits per heavy atom. The van der Waals surface area contributed by atoms with Gasteiger partial charge in [0, 0.05) is 45.1 Å². The van der Waals surface area contributed by atoms with Gasteiger partial charge < -0.3 is 15.5 Å². The molecule has 3 heterocycles. The third-order valence-corrected chi connectivity index (χ3v) is 3.81. The highest BCUT2D eigenvalue weighted by Gasteiger charge is 2.19. The van der Waals surface area contributed by atoms with Crippen molar-refractivity contribution in [2.45, 2.75) is 13.3 Å². The molecule has 0 saturated carbocycles. The Morgan fingerprint density at radius 3 is 2.95 bits per heavy atom. The first-order valence-electron chi connectivity index (χ1n) is 7.13. The van der Waals surface area contributed by atoms with Crippen LogP contribution in [0.15, 0.2) is 12.4 Å². The Labute approximate surface area is 118 Å². The third kappa shape index (κ3) is 2.46. The zero-order valence-corrected chi connectivity index (χ0v) is 11.9. The summed E-state index contributed by atoms with van der Waals surface area (Å²) < 4.78 is 1.99. The number of rotatable bonds is 3. The molecule has 7 nitrogen and oxygen atoms in total. The van der Waals surface area contributed by atoms with Crippen LogP contribution in [0.3, 0.4) is 0 Å². The van der Waals surface area contributed by atoms with Gasteiger partial charge >= 0.3 is 0 Å². The molecule has 2 N–H and O–H groups in total. The second-order valence-corrected chi connectivity index (χ2v) is 5.16. The molecular weight excluding hydrogens is 254 g/mol. The molecule has 0 atom stereocenters. The zero-order chi connectivity index (χ0) is 13.9. The van der Waals surface area contributed by atoms with Crippen LogP contribution >= 0.6 is 0 Å². The maximum absolute atomic E-state index is 5.64. The van der Waals surface area contributed by atoms with Gasteiger partial charge in [-0.2, -0.15) is 0 Å². The van der Waals surface area contributed by atoms with E-state index in [1.807, 2.05) is 23.7 Å². The number of anilines is 1. The maximum Gasteiger partial charge on any atom is 0.203 e. The van der Waals surface area contributed by atoms with Gasteiger partial charge in [-0.05, 0) is 19.9 Å². The molecule has 0 aromatic carbocycles. The van der Waals surface area contributed by atoms with E-state index in [2.05, 4.69) is 25.0 Å². The first kappa shape index (κ1) is 13.3. The van der Waals surface area contributed by atoms with E-state index < -0.39 is 0 Å². The molecule has 0 spiro atoms. The Morgan fingerprint density at radius 1 is 1.20 bits per heavy atom. The van der Waals surface area contributed by atoms with Gasteiger partial charge in [-0.15, -0.1) is 10.2 Å².